The van der Waals surface area contributed by atoms with Gasteiger partial charge in [0.05, 0.1) is 25.3 Å². The number of hydrogen-bond acceptors (Lipinski definition) is 3. The Morgan fingerprint density at radius 1 is 1.34 bits per heavy atom. The first-order chi connectivity index (χ1) is 14.1. The summed E-state index contributed by atoms with van der Waals surface area (Å²) in [6, 6.07) is 10.00. The minimum atomic E-state index is -0.286. The second-order valence-corrected chi connectivity index (χ2v) is 7.16. The molecule has 1 atom stereocenters. The summed E-state index contributed by atoms with van der Waals surface area (Å²) in [7, 11) is 0. The van der Waals surface area contributed by atoms with Crippen LogP contribution in [0.5, 0.6) is 0 Å². The molecule has 1 fully saturated rings. The Morgan fingerprint density at radius 3 is 2.93 bits per heavy atom. The minimum absolute atomic E-state index is 0.0209. The van der Waals surface area contributed by atoms with E-state index < -0.39 is 0 Å². The summed E-state index contributed by atoms with van der Waals surface area (Å²) in [6.07, 6.45) is 3.01. The van der Waals surface area contributed by atoms with E-state index in [2.05, 4.69) is 11.8 Å². The highest BCUT2D eigenvalue weighted by atomic mass is 19.1. The molecule has 0 N–H and O–H groups in total. The molecule has 1 aromatic carbocycles. The predicted octanol–water partition coefficient (Wildman–Crippen LogP) is 3.25. The second kappa shape index (κ2) is 9.92. The zero-order chi connectivity index (χ0) is 20.6. The van der Waals surface area contributed by atoms with E-state index in [1.54, 1.807) is 35.1 Å². The molecule has 5 nitrogen and oxygen atoms in total. The van der Waals surface area contributed by atoms with E-state index in [0.717, 1.165) is 5.56 Å². The highest BCUT2D eigenvalue weighted by Crippen LogP contribution is 2.21. The normalized spacial score (nSPS) is 16.3. The monoisotopic (exact) mass is 396 g/mol. The average Bonchev–Trinajstić information content (AvgIpc) is 3.23. The molecule has 0 radical (unpaired) electrons. The van der Waals surface area contributed by atoms with Gasteiger partial charge in [-0.1, -0.05) is 18.1 Å². The van der Waals surface area contributed by atoms with Crippen LogP contribution in [0.1, 0.15) is 31.1 Å². The van der Waals surface area contributed by atoms with Crippen LogP contribution in [0.15, 0.2) is 47.1 Å². The van der Waals surface area contributed by atoms with Gasteiger partial charge in [0.15, 0.2) is 0 Å². The van der Waals surface area contributed by atoms with Gasteiger partial charge in [-0.05, 0) is 49.6 Å². The van der Waals surface area contributed by atoms with Crippen LogP contribution in [0.2, 0.25) is 0 Å². The highest BCUT2D eigenvalue weighted by molar-refractivity contribution is 5.84. The maximum Gasteiger partial charge on any atom is 0.228 e. The maximum atomic E-state index is 13.4. The Hall–Kier alpha value is -3.07. The van der Waals surface area contributed by atoms with E-state index in [-0.39, 0.29) is 23.5 Å². The van der Waals surface area contributed by atoms with Gasteiger partial charge < -0.3 is 14.2 Å². The lowest BCUT2D eigenvalue weighted by Gasteiger charge is -2.34. The van der Waals surface area contributed by atoms with Gasteiger partial charge in [0.2, 0.25) is 11.8 Å². The Kier molecular flexibility index (Phi) is 7.07. The molecule has 0 saturated carbocycles. The van der Waals surface area contributed by atoms with Gasteiger partial charge in [0.1, 0.15) is 11.6 Å². The fourth-order valence-electron chi connectivity index (χ4n) is 3.52. The Labute approximate surface area is 170 Å². The van der Waals surface area contributed by atoms with Gasteiger partial charge in [-0.25, -0.2) is 4.39 Å². The highest BCUT2D eigenvalue weighted by Gasteiger charge is 2.32. The third kappa shape index (κ3) is 5.71. The minimum Gasteiger partial charge on any atom is -0.467 e. The van der Waals surface area contributed by atoms with Gasteiger partial charge in [0.25, 0.3) is 0 Å². The van der Waals surface area contributed by atoms with Crippen LogP contribution in [-0.2, 0) is 22.6 Å². The summed E-state index contributed by atoms with van der Waals surface area (Å²) < 4.78 is 18.8. The second-order valence-electron chi connectivity index (χ2n) is 7.16. The van der Waals surface area contributed by atoms with Crippen molar-refractivity contribution < 1.29 is 18.4 Å². The van der Waals surface area contributed by atoms with Crippen LogP contribution >= 0.6 is 0 Å². The molecule has 0 aliphatic carbocycles. The third-order valence-electron chi connectivity index (χ3n) is 5.09. The molecular formula is C23H25FN2O3. The van der Waals surface area contributed by atoms with Crippen molar-refractivity contribution in [3.05, 3.63) is 59.8 Å². The smallest absolute Gasteiger partial charge is 0.228 e. The van der Waals surface area contributed by atoms with Gasteiger partial charge >= 0.3 is 0 Å². The lowest BCUT2D eigenvalue weighted by atomic mass is 9.95. The number of rotatable bonds is 7. The van der Waals surface area contributed by atoms with Gasteiger partial charge in [-0.15, -0.1) is 5.92 Å². The van der Waals surface area contributed by atoms with Gasteiger partial charge in [0, 0.05) is 19.5 Å². The van der Waals surface area contributed by atoms with Gasteiger partial charge in [-0.2, -0.15) is 0 Å². The molecular weight excluding hydrogens is 371 g/mol. The van der Waals surface area contributed by atoms with Crippen LogP contribution in [-0.4, -0.2) is 41.2 Å². The number of benzene rings is 1. The number of piperidine rings is 1. The van der Waals surface area contributed by atoms with Crippen LogP contribution < -0.4 is 0 Å². The molecule has 0 unspecified atom stereocenters. The van der Waals surface area contributed by atoms with Crippen LogP contribution in [0.4, 0.5) is 4.39 Å². The summed E-state index contributed by atoms with van der Waals surface area (Å²) >= 11 is 0. The first-order valence-electron chi connectivity index (χ1n) is 9.80. The van der Waals surface area contributed by atoms with Crippen molar-refractivity contribution in [1.82, 2.24) is 9.80 Å². The molecule has 0 spiro atoms. The Bertz CT molecular complexity index is 898. The molecule has 3 rings (SSSR count). The molecule has 2 heterocycles. The first kappa shape index (κ1) is 20.7. The van der Waals surface area contributed by atoms with E-state index in [1.807, 2.05) is 12.1 Å². The Balaban J connectivity index is 1.63. The van der Waals surface area contributed by atoms with Crippen LogP contribution in [0, 0.1) is 23.6 Å². The maximum absolute atomic E-state index is 13.4. The summed E-state index contributed by atoms with van der Waals surface area (Å²) in [6.45, 7) is 3.27. The summed E-state index contributed by atoms with van der Waals surface area (Å²) in [5, 5.41) is 0. The molecule has 2 aromatic rings. The SMILES string of the molecule is CC#CCN(Cc1ccco1)C(=O)[C@H]1CCC(=O)N(CCc2cccc(F)c2)C1. The van der Waals surface area contributed by atoms with E-state index >= 15 is 0 Å². The van der Waals surface area contributed by atoms with E-state index in [9.17, 15) is 14.0 Å². The van der Waals surface area contributed by atoms with Gasteiger partial charge in [-0.3, -0.25) is 9.59 Å². The molecule has 29 heavy (non-hydrogen) atoms. The number of likely N-dealkylation sites (tertiary alicyclic amines) is 1. The quantitative estimate of drug-likeness (QED) is 0.675. The standard InChI is InChI=1S/C23H25FN2O3/c1-2-3-12-26(17-21-8-5-14-29-21)23(28)19-9-10-22(27)25(16-19)13-11-18-6-4-7-20(24)15-18/h4-8,14-15,19H,9-13,16-17H2,1H3/t19-/m0/s1. The molecule has 152 valence electrons. The fraction of sp³-hybridized carbons (Fsp3) is 0.391. The average molecular weight is 396 g/mol. The topological polar surface area (TPSA) is 53.8 Å². The molecule has 0 bridgehead atoms. The van der Waals surface area contributed by atoms with Crippen molar-refractivity contribution in [2.24, 2.45) is 5.92 Å². The predicted molar refractivity (Wildman–Crippen MR) is 107 cm³/mol. The molecule has 1 aliphatic rings. The fourth-order valence-corrected chi connectivity index (χ4v) is 3.52. The lowest BCUT2D eigenvalue weighted by molar-refractivity contribution is -0.143. The zero-order valence-corrected chi connectivity index (χ0v) is 16.6. The zero-order valence-electron chi connectivity index (χ0n) is 16.6. The number of furan rings is 1. The summed E-state index contributed by atoms with van der Waals surface area (Å²) in [5.41, 5.74) is 0.837. The molecule has 1 saturated heterocycles. The number of amides is 2. The van der Waals surface area contributed by atoms with Crippen molar-refractivity contribution in [1.29, 1.82) is 0 Å². The van der Waals surface area contributed by atoms with Crippen molar-refractivity contribution >= 4 is 11.8 Å². The van der Waals surface area contributed by atoms with E-state index in [4.69, 9.17) is 4.42 Å². The van der Waals surface area contributed by atoms with Crippen LogP contribution in [0.25, 0.3) is 0 Å². The molecule has 1 aliphatic heterocycles. The van der Waals surface area contributed by atoms with E-state index in [0.29, 0.717) is 51.2 Å². The number of nitrogens with zero attached hydrogens (tertiary/aromatic N) is 2. The van der Waals surface area contributed by atoms with Crippen molar-refractivity contribution in [3.63, 3.8) is 0 Å². The third-order valence-corrected chi connectivity index (χ3v) is 5.09. The molecule has 1 aromatic heterocycles. The van der Waals surface area contributed by atoms with Crippen molar-refractivity contribution in [2.45, 2.75) is 32.7 Å². The summed E-state index contributed by atoms with van der Waals surface area (Å²) in [4.78, 5) is 28.9. The summed E-state index contributed by atoms with van der Waals surface area (Å²) in [5.74, 6) is 5.94. The number of hydrogen-bond donors (Lipinski definition) is 0. The van der Waals surface area contributed by atoms with Crippen LogP contribution in [0.3, 0.4) is 0 Å². The van der Waals surface area contributed by atoms with Crippen molar-refractivity contribution in [2.75, 3.05) is 19.6 Å². The largest absolute Gasteiger partial charge is 0.467 e. The number of halogens is 1. The first-order valence-corrected chi connectivity index (χ1v) is 9.80. The lowest BCUT2D eigenvalue weighted by Crippen LogP contribution is -2.47. The number of carbonyl (C=O) groups is 2. The van der Waals surface area contributed by atoms with E-state index in [1.165, 1.54) is 12.1 Å². The molecule has 6 heteroatoms. The number of carbonyl (C=O) groups excluding carboxylic acids is 2. The Morgan fingerprint density at radius 2 is 2.21 bits per heavy atom. The molecule has 2 amide bonds. The van der Waals surface area contributed by atoms with Crippen molar-refractivity contribution in [3.8, 4) is 11.8 Å².